The highest BCUT2D eigenvalue weighted by molar-refractivity contribution is 9.09. The first-order valence-corrected chi connectivity index (χ1v) is 7.02. The van der Waals surface area contributed by atoms with Gasteiger partial charge in [-0.1, -0.05) is 15.9 Å². The van der Waals surface area contributed by atoms with E-state index in [-0.39, 0.29) is 0 Å². The molecule has 96 valence electrons. The zero-order valence-electron chi connectivity index (χ0n) is 10.2. The minimum atomic E-state index is 0.695. The highest BCUT2D eigenvalue weighted by atomic mass is 79.9. The summed E-state index contributed by atoms with van der Waals surface area (Å²) in [4.78, 5) is 0. The first-order chi connectivity index (χ1) is 8.36. The third kappa shape index (κ3) is 6.54. The highest BCUT2D eigenvalue weighted by Crippen LogP contribution is 2.16. The third-order valence-electron chi connectivity index (χ3n) is 2.34. The van der Waals surface area contributed by atoms with Crippen molar-refractivity contribution in [2.75, 3.05) is 32.1 Å². The number of halogens is 1. The van der Waals surface area contributed by atoms with Crippen LogP contribution in [0.4, 0.5) is 0 Å². The second-order valence-electron chi connectivity index (χ2n) is 3.67. The van der Waals surface area contributed by atoms with Gasteiger partial charge in [-0.05, 0) is 43.7 Å². The van der Waals surface area contributed by atoms with Gasteiger partial charge in [-0.15, -0.1) is 0 Å². The van der Waals surface area contributed by atoms with Crippen molar-refractivity contribution in [3.8, 4) is 11.5 Å². The second-order valence-corrected chi connectivity index (χ2v) is 4.46. The summed E-state index contributed by atoms with van der Waals surface area (Å²) in [5.74, 6) is 1.73. The van der Waals surface area contributed by atoms with Crippen LogP contribution in [0.15, 0.2) is 24.3 Å². The number of benzene rings is 1. The molecule has 0 spiro atoms. The molecule has 0 fully saturated rings. The normalized spacial score (nSPS) is 10.2. The Labute approximate surface area is 112 Å². The standard InChI is InChI=1S/C13H20BrNO2/c1-16-12-4-6-13(7-5-12)17-11-10-15-9-3-2-8-14/h4-7,15H,2-3,8-11H2,1H3. The monoisotopic (exact) mass is 301 g/mol. The molecule has 0 heterocycles. The van der Waals surface area contributed by atoms with Gasteiger partial charge in [-0.2, -0.15) is 0 Å². The molecule has 1 N–H and O–H groups in total. The summed E-state index contributed by atoms with van der Waals surface area (Å²) in [5, 5.41) is 4.42. The van der Waals surface area contributed by atoms with E-state index in [2.05, 4.69) is 21.2 Å². The van der Waals surface area contributed by atoms with Gasteiger partial charge < -0.3 is 14.8 Å². The van der Waals surface area contributed by atoms with Crippen molar-refractivity contribution in [1.82, 2.24) is 5.32 Å². The van der Waals surface area contributed by atoms with Crippen molar-refractivity contribution >= 4 is 15.9 Å². The largest absolute Gasteiger partial charge is 0.497 e. The van der Waals surface area contributed by atoms with E-state index in [0.29, 0.717) is 6.61 Å². The lowest BCUT2D eigenvalue weighted by Crippen LogP contribution is -2.22. The molecule has 0 aliphatic rings. The van der Waals surface area contributed by atoms with Crippen LogP contribution in [0.5, 0.6) is 11.5 Å². The molecular formula is C13H20BrNO2. The Kier molecular flexibility index (Phi) is 7.84. The number of nitrogens with one attached hydrogen (secondary N) is 1. The maximum atomic E-state index is 5.58. The molecule has 0 bridgehead atoms. The summed E-state index contributed by atoms with van der Waals surface area (Å²) < 4.78 is 10.7. The summed E-state index contributed by atoms with van der Waals surface area (Å²) in [6.07, 6.45) is 2.42. The fraction of sp³-hybridized carbons (Fsp3) is 0.538. The van der Waals surface area contributed by atoms with Crippen molar-refractivity contribution in [3.63, 3.8) is 0 Å². The number of alkyl halides is 1. The number of rotatable bonds is 9. The molecule has 0 aromatic heterocycles. The Balaban J connectivity index is 2.05. The second kappa shape index (κ2) is 9.31. The average Bonchev–Trinajstić information content (AvgIpc) is 2.38. The van der Waals surface area contributed by atoms with E-state index in [1.165, 1.54) is 12.8 Å². The lowest BCUT2D eigenvalue weighted by atomic mass is 10.3. The van der Waals surface area contributed by atoms with Gasteiger partial charge in [0.1, 0.15) is 18.1 Å². The average molecular weight is 302 g/mol. The summed E-state index contributed by atoms with van der Waals surface area (Å²) in [7, 11) is 1.66. The van der Waals surface area contributed by atoms with Crippen molar-refractivity contribution in [1.29, 1.82) is 0 Å². The van der Waals surface area contributed by atoms with Crippen LogP contribution in [0, 0.1) is 0 Å². The lowest BCUT2D eigenvalue weighted by molar-refractivity contribution is 0.313. The molecular weight excluding hydrogens is 282 g/mol. The van der Waals surface area contributed by atoms with Gasteiger partial charge in [0, 0.05) is 11.9 Å². The molecule has 0 amide bonds. The molecule has 0 unspecified atom stereocenters. The SMILES string of the molecule is COc1ccc(OCCNCCCCBr)cc1. The van der Waals surface area contributed by atoms with Crippen LogP contribution in [-0.2, 0) is 0 Å². The molecule has 1 aromatic carbocycles. The molecule has 0 saturated heterocycles. The molecule has 1 rings (SSSR count). The van der Waals surface area contributed by atoms with E-state index in [9.17, 15) is 0 Å². The first-order valence-electron chi connectivity index (χ1n) is 5.90. The van der Waals surface area contributed by atoms with Gasteiger partial charge in [0.25, 0.3) is 0 Å². The van der Waals surface area contributed by atoms with E-state index in [1.807, 2.05) is 24.3 Å². The van der Waals surface area contributed by atoms with Crippen molar-refractivity contribution in [2.24, 2.45) is 0 Å². The Bertz CT molecular complexity index is 290. The quantitative estimate of drug-likeness (QED) is 0.562. The Morgan fingerprint density at radius 2 is 1.76 bits per heavy atom. The van der Waals surface area contributed by atoms with E-state index in [1.54, 1.807) is 7.11 Å². The topological polar surface area (TPSA) is 30.5 Å². The number of hydrogen-bond donors (Lipinski definition) is 1. The molecule has 0 aliphatic heterocycles. The minimum absolute atomic E-state index is 0.695. The van der Waals surface area contributed by atoms with Crippen LogP contribution in [-0.4, -0.2) is 32.1 Å². The van der Waals surface area contributed by atoms with Crippen LogP contribution in [0.25, 0.3) is 0 Å². The van der Waals surface area contributed by atoms with E-state index < -0.39 is 0 Å². The Morgan fingerprint density at radius 3 is 2.41 bits per heavy atom. The molecule has 17 heavy (non-hydrogen) atoms. The highest BCUT2D eigenvalue weighted by Gasteiger charge is 1.94. The fourth-order valence-electron chi connectivity index (χ4n) is 1.38. The smallest absolute Gasteiger partial charge is 0.119 e. The zero-order chi connectivity index (χ0) is 12.3. The lowest BCUT2D eigenvalue weighted by Gasteiger charge is -2.07. The number of hydrogen-bond acceptors (Lipinski definition) is 3. The predicted molar refractivity (Wildman–Crippen MR) is 74.4 cm³/mol. The van der Waals surface area contributed by atoms with Crippen LogP contribution in [0.1, 0.15) is 12.8 Å². The molecule has 0 saturated carbocycles. The summed E-state index contributed by atoms with van der Waals surface area (Å²) in [5.41, 5.74) is 0. The van der Waals surface area contributed by atoms with Gasteiger partial charge in [-0.3, -0.25) is 0 Å². The van der Waals surface area contributed by atoms with E-state index in [0.717, 1.165) is 29.9 Å². The maximum Gasteiger partial charge on any atom is 0.119 e. The molecule has 0 aliphatic carbocycles. The van der Waals surface area contributed by atoms with Crippen molar-refractivity contribution in [2.45, 2.75) is 12.8 Å². The molecule has 0 radical (unpaired) electrons. The Morgan fingerprint density at radius 1 is 1.06 bits per heavy atom. The molecule has 3 nitrogen and oxygen atoms in total. The number of unbranched alkanes of at least 4 members (excludes halogenated alkanes) is 1. The Hall–Kier alpha value is -0.740. The van der Waals surface area contributed by atoms with Gasteiger partial charge in [0.05, 0.1) is 7.11 Å². The fourth-order valence-corrected chi connectivity index (χ4v) is 1.78. The molecule has 4 heteroatoms. The molecule has 0 atom stereocenters. The third-order valence-corrected chi connectivity index (χ3v) is 2.90. The maximum absolute atomic E-state index is 5.58. The van der Waals surface area contributed by atoms with Crippen LogP contribution in [0.3, 0.4) is 0 Å². The number of ether oxygens (including phenoxy) is 2. The van der Waals surface area contributed by atoms with E-state index in [4.69, 9.17) is 9.47 Å². The summed E-state index contributed by atoms with van der Waals surface area (Å²) in [6, 6.07) is 7.64. The van der Waals surface area contributed by atoms with Crippen molar-refractivity contribution in [3.05, 3.63) is 24.3 Å². The van der Waals surface area contributed by atoms with Gasteiger partial charge in [-0.25, -0.2) is 0 Å². The minimum Gasteiger partial charge on any atom is -0.497 e. The van der Waals surface area contributed by atoms with Crippen molar-refractivity contribution < 1.29 is 9.47 Å². The van der Waals surface area contributed by atoms with Gasteiger partial charge in [0.2, 0.25) is 0 Å². The van der Waals surface area contributed by atoms with Crippen LogP contribution >= 0.6 is 15.9 Å². The first kappa shape index (κ1) is 14.3. The zero-order valence-corrected chi connectivity index (χ0v) is 11.8. The summed E-state index contributed by atoms with van der Waals surface area (Å²) >= 11 is 3.41. The number of methoxy groups -OCH3 is 1. The predicted octanol–water partition coefficient (Wildman–Crippen LogP) is 2.84. The molecule has 1 aromatic rings. The van der Waals surface area contributed by atoms with Crippen LogP contribution in [0.2, 0.25) is 0 Å². The van der Waals surface area contributed by atoms with E-state index >= 15 is 0 Å². The van der Waals surface area contributed by atoms with Gasteiger partial charge in [0.15, 0.2) is 0 Å². The van der Waals surface area contributed by atoms with Crippen LogP contribution < -0.4 is 14.8 Å². The van der Waals surface area contributed by atoms with Gasteiger partial charge >= 0.3 is 0 Å². The summed E-state index contributed by atoms with van der Waals surface area (Å²) in [6.45, 7) is 2.63.